The normalized spacial score (nSPS) is 18.0. The first kappa shape index (κ1) is 18.5. The molecule has 1 aliphatic rings. The highest BCUT2D eigenvalue weighted by Crippen LogP contribution is 2.25. The Kier molecular flexibility index (Phi) is 5.94. The van der Waals surface area contributed by atoms with Crippen molar-refractivity contribution in [2.45, 2.75) is 39.3 Å². The Morgan fingerprint density at radius 1 is 1.23 bits per heavy atom. The molecule has 2 aromatic carbocycles. The number of hydrogen-bond donors (Lipinski definition) is 1. The van der Waals surface area contributed by atoms with Crippen molar-refractivity contribution in [3.05, 3.63) is 59.7 Å². The van der Waals surface area contributed by atoms with Crippen LogP contribution >= 0.6 is 0 Å². The van der Waals surface area contributed by atoms with Gasteiger partial charge in [0.15, 0.2) is 5.78 Å². The van der Waals surface area contributed by atoms with Crippen molar-refractivity contribution in [2.24, 2.45) is 5.92 Å². The van der Waals surface area contributed by atoms with Crippen LogP contribution in [-0.2, 0) is 6.54 Å². The number of ether oxygens (including phenoxy) is 1. The number of Topliss-reactive ketones (excluding diaryl/α,β-unsaturated/α-hetero) is 1. The number of benzene rings is 2. The molecule has 1 N–H and O–H groups in total. The number of aromatic hydroxyl groups is 1. The molecule has 2 aromatic rings. The van der Waals surface area contributed by atoms with Gasteiger partial charge in [0, 0.05) is 24.6 Å². The number of piperidine rings is 1. The molecule has 1 fully saturated rings. The molecule has 1 atom stereocenters. The van der Waals surface area contributed by atoms with Gasteiger partial charge in [-0.25, -0.2) is 0 Å². The molecule has 0 unspecified atom stereocenters. The largest absolute Gasteiger partial charge is 0.508 e. The first-order valence-electron chi connectivity index (χ1n) is 9.32. The smallest absolute Gasteiger partial charge is 0.167 e. The van der Waals surface area contributed by atoms with Crippen LogP contribution in [-0.4, -0.2) is 35.0 Å². The van der Waals surface area contributed by atoms with Gasteiger partial charge in [0.1, 0.15) is 11.5 Å². The number of phenols is 1. The van der Waals surface area contributed by atoms with Crippen LogP contribution in [0.4, 0.5) is 0 Å². The number of likely N-dealkylation sites (tertiary alicyclic amines) is 1. The minimum atomic E-state index is 0.0233. The number of phenolic OH excluding ortho intramolecular Hbond substituents is 1. The van der Waals surface area contributed by atoms with Gasteiger partial charge < -0.3 is 9.84 Å². The zero-order valence-electron chi connectivity index (χ0n) is 15.5. The molecule has 4 heteroatoms. The van der Waals surface area contributed by atoms with E-state index in [-0.39, 0.29) is 23.6 Å². The van der Waals surface area contributed by atoms with Gasteiger partial charge in [-0.05, 0) is 63.1 Å². The van der Waals surface area contributed by atoms with Gasteiger partial charge in [-0.2, -0.15) is 0 Å². The predicted molar refractivity (Wildman–Crippen MR) is 103 cm³/mol. The summed E-state index contributed by atoms with van der Waals surface area (Å²) in [5.74, 6) is 1.26. The van der Waals surface area contributed by atoms with Crippen LogP contribution in [0.1, 0.15) is 42.6 Å². The van der Waals surface area contributed by atoms with Gasteiger partial charge >= 0.3 is 0 Å². The summed E-state index contributed by atoms with van der Waals surface area (Å²) < 4.78 is 5.72. The Morgan fingerprint density at radius 2 is 2.00 bits per heavy atom. The van der Waals surface area contributed by atoms with Crippen molar-refractivity contribution in [1.29, 1.82) is 0 Å². The van der Waals surface area contributed by atoms with E-state index in [4.69, 9.17) is 4.74 Å². The number of hydrogen-bond acceptors (Lipinski definition) is 4. The fraction of sp³-hybridized carbons (Fsp3) is 0.409. The third-order valence-corrected chi connectivity index (χ3v) is 4.71. The molecule has 26 heavy (non-hydrogen) atoms. The summed E-state index contributed by atoms with van der Waals surface area (Å²) in [6, 6.07) is 14.8. The summed E-state index contributed by atoms with van der Waals surface area (Å²) in [6.07, 6.45) is 2.05. The molecular weight excluding hydrogens is 326 g/mol. The molecule has 0 saturated carbocycles. The highest BCUT2D eigenvalue weighted by Gasteiger charge is 2.26. The van der Waals surface area contributed by atoms with Crippen molar-refractivity contribution >= 4 is 5.78 Å². The topological polar surface area (TPSA) is 49.8 Å². The quantitative estimate of drug-likeness (QED) is 0.788. The van der Waals surface area contributed by atoms with Gasteiger partial charge in [0.05, 0.1) is 6.10 Å². The van der Waals surface area contributed by atoms with E-state index in [1.54, 1.807) is 12.1 Å². The van der Waals surface area contributed by atoms with Crippen LogP contribution < -0.4 is 4.74 Å². The van der Waals surface area contributed by atoms with Crippen LogP contribution in [0.3, 0.4) is 0 Å². The van der Waals surface area contributed by atoms with Gasteiger partial charge in [-0.15, -0.1) is 0 Å². The fourth-order valence-electron chi connectivity index (χ4n) is 3.50. The summed E-state index contributed by atoms with van der Waals surface area (Å²) in [7, 11) is 0. The van der Waals surface area contributed by atoms with Crippen molar-refractivity contribution in [1.82, 2.24) is 4.90 Å². The van der Waals surface area contributed by atoms with Crippen molar-refractivity contribution < 1.29 is 14.6 Å². The number of ketones is 1. The van der Waals surface area contributed by atoms with Gasteiger partial charge in [0.2, 0.25) is 0 Å². The number of carbonyl (C=O) groups excluding carboxylic acids is 1. The lowest BCUT2D eigenvalue weighted by Crippen LogP contribution is -2.38. The first-order valence-corrected chi connectivity index (χ1v) is 9.32. The van der Waals surface area contributed by atoms with Crippen LogP contribution in [0.5, 0.6) is 11.5 Å². The molecule has 1 aliphatic heterocycles. The summed E-state index contributed by atoms with van der Waals surface area (Å²) in [5, 5.41) is 9.41. The maximum absolute atomic E-state index is 13.0. The maximum atomic E-state index is 13.0. The second kappa shape index (κ2) is 8.37. The average Bonchev–Trinajstić information content (AvgIpc) is 2.63. The van der Waals surface area contributed by atoms with Gasteiger partial charge in [-0.3, -0.25) is 9.69 Å². The zero-order valence-corrected chi connectivity index (χ0v) is 15.5. The van der Waals surface area contributed by atoms with E-state index in [0.717, 1.165) is 49.4 Å². The summed E-state index contributed by atoms with van der Waals surface area (Å²) in [6.45, 7) is 6.55. The molecule has 0 aromatic heterocycles. The molecule has 0 radical (unpaired) electrons. The second-order valence-electron chi connectivity index (χ2n) is 7.30. The molecule has 1 heterocycles. The SMILES string of the molecule is CC(C)Oc1cccc(C(=O)[C@H]2CCCN(Cc3ccc(O)cc3)C2)c1. The third kappa shape index (κ3) is 4.85. The van der Waals surface area contributed by atoms with E-state index in [1.807, 2.05) is 50.2 Å². The van der Waals surface area contributed by atoms with Gasteiger partial charge in [-0.1, -0.05) is 24.3 Å². The minimum absolute atomic E-state index is 0.0233. The Morgan fingerprint density at radius 3 is 2.73 bits per heavy atom. The summed E-state index contributed by atoms with van der Waals surface area (Å²) in [5.41, 5.74) is 1.89. The third-order valence-electron chi connectivity index (χ3n) is 4.71. The highest BCUT2D eigenvalue weighted by molar-refractivity contribution is 5.98. The molecule has 4 nitrogen and oxygen atoms in total. The average molecular weight is 353 g/mol. The lowest BCUT2D eigenvalue weighted by Gasteiger charge is -2.32. The van der Waals surface area contributed by atoms with Crippen LogP contribution in [0, 0.1) is 5.92 Å². The molecule has 1 saturated heterocycles. The fourth-order valence-corrected chi connectivity index (χ4v) is 3.50. The molecule has 0 spiro atoms. The second-order valence-corrected chi connectivity index (χ2v) is 7.30. The monoisotopic (exact) mass is 353 g/mol. The van der Waals surface area contributed by atoms with Crippen LogP contribution in [0.15, 0.2) is 48.5 Å². The van der Waals surface area contributed by atoms with Crippen LogP contribution in [0.25, 0.3) is 0 Å². The van der Waals surface area contributed by atoms with Crippen molar-refractivity contribution in [3.63, 3.8) is 0 Å². The standard InChI is InChI=1S/C22H27NO3/c1-16(2)26-21-7-3-5-18(13-21)22(25)19-6-4-12-23(15-19)14-17-8-10-20(24)11-9-17/h3,5,7-11,13,16,19,24H,4,6,12,14-15H2,1-2H3/t19-/m0/s1. The number of carbonyl (C=O) groups is 1. The molecule has 138 valence electrons. The molecule has 3 rings (SSSR count). The van der Waals surface area contributed by atoms with E-state index in [1.165, 1.54) is 0 Å². The Hall–Kier alpha value is -2.33. The Labute approximate surface area is 155 Å². The summed E-state index contributed by atoms with van der Waals surface area (Å²) >= 11 is 0. The van der Waals surface area contributed by atoms with E-state index in [0.29, 0.717) is 0 Å². The maximum Gasteiger partial charge on any atom is 0.167 e. The number of rotatable bonds is 6. The highest BCUT2D eigenvalue weighted by atomic mass is 16.5. The van der Waals surface area contributed by atoms with Crippen LogP contribution in [0.2, 0.25) is 0 Å². The first-order chi connectivity index (χ1) is 12.5. The lowest BCUT2D eigenvalue weighted by atomic mass is 9.89. The van der Waals surface area contributed by atoms with E-state index in [9.17, 15) is 9.90 Å². The van der Waals surface area contributed by atoms with Crippen molar-refractivity contribution in [3.8, 4) is 11.5 Å². The molecule has 0 amide bonds. The zero-order chi connectivity index (χ0) is 18.5. The minimum Gasteiger partial charge on any atom is -0.508 e. The Bertz CT molecular complexity index is 739. The molecule has 0 bridgehead atoms. The van der Waals surface area contributed by atoms with E-state index < -0.39 is 0 Å². The molecular formula is C22H27NO3. The summed E-state index contributed by atoms with van der Waals surface area (Å²) in [4.78, 5) is 15.3. The van der Waals surface area contributed by atoms with E-state index >= 15 is 0 Å². The predicted octanol–water partition coefficient (Wildman–Crippen LogP) is 4.27. The lowest BCUT2D eigenvalue weighted by molar-refractivity contribution is 0.0811. The molecule has 0 aliphatic carbocycles. The van der Waals surface area contributed by atoms with E-state index in [2.05, 4.69) is 4.90 Å². The number of nitrogens with zero attached hydrogens (tertiary/aromatic N) is 1. The Balaban J connectivity index is 1.65. The van der Waals surface area contributed by atoms with Gasteiger partial charge in [0.25, 0.3) is 0 Å². The van der Waals surface area contributed by atoms with Crippen molar-refractivity contribution in [2.75, 3.05) is 13.1 Å².